The molecular formula is C21H20F5N3OS. The number of anilines is 1. The van der Waals surface area contributed by atoms with E-state index in [2.05, 4.69) is 5.32 Å². The molecule has 10 heteroatoms. The fraction of sp³-hybridized carbons (Fsp3) is 0.333. The number of halogens is 5. The van der Waals surface area contributed by atoms with Crippen LogP contribution in [-0.2, 0) is 0 Å². The maximum absolute atomic E-state index is 13.7. The van der Waals surface area contributed by atoms with Crippen molar-refractivity contribution >= 4 is 28.5 Å². The van der Waals surface area contributed by atoms with E-state index >= 15 is 0 Å². The number of nitrogens with one attached hydrogen (secondary N) is 1. The number of nitrogens with zero attached hydrogens (tertiary/aromatic N) is 2. The fourth-order valence-electron chi connectivity index (χ4n) is 3.34. The zero-order valence-electron chi connectivity index (χ0n) is 16.3. The van der Waals surface area contributed by atoms with Crippen LogP contribution < -0.4 is 15.0 Å². The Balaban J connectivity index is 1.62. The second kappa shape index (κ2) is 8.96. The highest BCUT2D eigenvalue weighted by Gasteiger charge is 2.42. The minimum Gasteiger partial charge on any atom is -0.485 e. The van der Waals surface area contributed by atoms with Gasteiger partial charge in [0.25, 0.3) is 0 Å². The number of rotatable bonds is 7. The van der Waals surface area contributed by atoms with Gasteiger partial charge in [0, 0.05) is 42.7 Å². The second-order valence-electron chi connectivity index (χ2n) is 7.15. The molecule has 31 heavy (non-hydrogen) atoms. The maximum atomic E-state index is 13.7. The number of piperazine rings is 1. The van der Waals surface area contributed by atoms with Crippen LogP contribution in [0.3, 0.4) is 0 Å². The number of fused-ring (bicyclic) bond motifs is 1. The summed E-state index contributed by atoms with van der Waals surface area (Å²) in [5.41, 5.74) is 1.25. The SMILES string of the molecule is Fc1ccc2ccn(Sc3ccc(OCC(F)(F)C(F)F)c(N4CCNCC4)c3)c2c1. The lowest BCUT2D eigenvalue weighted by Crippen LogP contribution is -2.43. The van der Waals surface area contributed by atoms with Crippen molar-refractivity contribution < 1.29 is 26.7 Å². The quantitative estimate of drug-likeness (QED) is 0.505. The van der Waals surface area contributed by atoms with E-state index in [0.29, 0.717) is 37.4 Å². The van der Waals surface area contributed by atoms with E-state index in [1.165, 1.54) is 30.1 Å². The van der Waals surface area contributed by atoms with Crippen LogP contribution in [0.4, 0.5) is 27.6 Å². The van der Waals surface area contributed by atoms with Gasteiger partial charge in [0.05, 0.1) is 11.2 Å². The first kappa shape index (κ1) is 21.8. The first-order valence-corrected chi connectivity index (χ1v) is 10.4. The predicted molar refractivity (Wildman–Crippen MR) is 111 cm³/mol. The van der Waals surface area contributed by atoms with Crippen LogP contribution in [0.15, 0.2) is 53.6 Å². The molecule has 0 atom stereocenters. The number of aromatic nitrogens is 1. The van der Waals surface area contributed by atoms with Gasteiger partial charge < -0.3 is 15.0 Å². The van der Waals surface area contributed by atoms with E-state index in [9.17, 15) is 22.0 Å². The first-order valence-electron chi connectivity index (χ1n) is 9.67. The molecule has 0 unspecified atom stereocenters. The summed E-state index contributed by atoms with van der Waals surface area (Å²) in [4.78, 5) is 2.73. The van der Waals surface area contributed by atoms with Gasteiger partial charge in [-0.2, -0.15) is 8.78 Å². The lowest BCUT2D eigenvalue weighted by atomic mass is 10.2. The third-order valence-electron chi connectivity index (χ3n) is 4.95. The van der Waals surface area contributed by atoms with E-state index in [1.54, 1.807) is 22.2 Å². The number of hydrogen-bond donors (Lipinski definition) is 1. The van der Waals surface area contributed by atoms with Gasteiger partial charge in [0.15, 0.2) is 6.61 Å². The monoisotopic (exact) mass is 457 g/mol. The molecule has 0 amide bonds. The van der Waals surface area contributed by atoms with Crippen molar-refractivity contribution in [1.82, 2.24) is 9.29 Å². The van der Waals surface area contributed by atoms with E-state index in [4.69, 9.17) is 4.74 Å². The van der Waals surface area contributed by atoms with E-state index in [1.807, 2.05) is 17.2 Å². The average Bonchev–Trinajstić information content (AvgIpc) is 3.15. The molecule has 2 heterocycles. The Labute approximate surface area is 180 Å². The molecule has 1 aromatic heterocycles. The van der Waals surface area contributed by atoms with Crippen LogP contribution in [0.2, 0.25) is 0 Å². The van der Waals surface area contributed by atoms with Gasteiger partial charge in [-0.1, -0.05) is 0 Å². The minimum atomic E-state index is -4.23. The number of benzene rings is 2. The molecule has 4 rings (SSSR count). The summed E-state index contributed by atoms with van der Waals surface area (Å²) in [7, 11) is 0. The van der Waals surface area contributed by atoms with Gasteiger partial charge in [0.1, 0.15) is 11.6 Å². The van der Waals surface area contributed by atoms with Crippen LogP contribution in [0.1, 0.15) is 0 Å². The summed E-state index contributed by atoms with van der Waals surface area (Å²) in [5.74, 6) is -4.46. The summed E-state index contributed by atoms with van der Waals surface area (Å²) in [5, 5.41) is 4.09. The summed E-state index contributed by atoms with van der Waals surface area (Å²) in [6.07, 6.45) is -1.99. The van der Waals surface area contributed by atoms with Crippen molar-refractivity contribution in [3.63, 3.8) is 0 Å². The molecule has 0 radical (unpaired) electrons. The summed E-state index contributed by atoms with van der Waals surface area (Å²) >= 11 is 1.33. The summed E-state index contributed by atoms with van der Waals surface area (Å²) < 4.78 is 72.4. The second-order valence-corrected chi connectivity index (χ2v) is 8.20. The third kappa shape index (κ3) is 4.90. The number of alkyl halides is 4. The number of hydrogen-bond acceptors (Lipinski definition) is 4. The first-order chi connectivity index (χ1) is 14.8. The van der Waals surface area contributed by atoms with Crippen molar-refractivity contribution in [1.29, 1.82) is 0 Å². The molecule has 1 N–H and O–H groups in total. The van der Waals surface area contributed by atoms with Gasteiger partial charge in [-0.05, 0) is 54.4 Å². The number of ether oxygens (including phenoxy) is 1. The Hall–Kier alpha value is -2.46. The molecule has 1 aliphatic rings. The van der Waals surface area contributed by atoms with Crippen LogP contribution in [0.5, 0.6) is 5.75 Å². The molecule has 1 saturated heterocycles. The molecule has 2 aromatic carbocycles. The van der Waals surface area contributed by atoms with Crippen LogP contribution in [-0.4, -0.2) is 49.1 Å². The van der Waals surface area contributed by atoms with Gasteiger partial charge in [-0.25, -0.2) is 13.2 Å². The molecule has 166 valence electrons. The van der Waals surface area contributed by atoms with Crippen molar-refractivity contribution in [2.24, 2.45) is 0 Å². The molecule has 0 saturated carbocycles. The highest BCUT2D eigenvalue weighted by Crippen LogP contribution is 2.36. The highest BCUT2D eigenvalue weighted by molar-refractivity contribution is 7.98. The molecular weight excluding hydrogens is 437 g/mol. The lowest BCUT2D eigenvalue weighted by molar-refractivity contribution is -0.148. The molecule has 4 nitrogen and oxygen atoms in total. The maximum Gasteiger partial charge on any atom is 0.340 e. The zero-order chi connectivity index (χ0) is 22.0. The highest BCUT2D eigenvalue weighted by atomic mass is 32.2. The average molecular weight is 457 g/mol. The normalized spacial score (nSPS) is 15.1. The zero-order valence-corrected chi connectivity index (χ0v) is 17.1. The molecule has 1 fully saturated rings. The molecule has 1 aliphatic heterocycles. The Morgan fingerprint density at radius 1 is 1.06 bits per heavy atom. The molecule has 0 bridgehead atoms. The van der Waals surface area contributed by atoms with Crippen molar-refractivity contribution in [2.75, 3.05) is 37.7 Å². The van der Waals surface area contributed by atoms with Gasteiger partial charge >= 0.3 is 12.3 Å². The Kier molecular flexibility index (Phi) is 6.29. The van der Waals surface area contributed by atoms with E-state index < -0.39 is 19.0 Å². The van der Waals surface area contributed by atoms with Crippen LogP contribution in [0.25, 0.3) is 10.9 Å². The van der Waals surface area contributed by atoms with Gasteiger partial charge in [-0.15, -0.1) is 0 Å². The van der Waals surface area contributed by atoms with Crippen molar-refractivity contribution in [3.05, 3.63) is 54.5 Å². The third-order valence-corrected chi connectivity index (χ3v) is 5.93. The van der Waals surface area contributed by atoms with E-state index in [0.717, 1.165) is 10.3 Å². The van der Waals surface area contributed by atoms with Crippen LogP contribution in [0, 0.1) is 5.82 Å². The Morgan fingerprint density at radius 3 is 2.58 bits per heavy atom. The summed E-state index contributed by atoms with van der Waals surface area (Å²) in [6, 6.07) is 11.3. The molecule has 0 spiro atoms. The van der Waals surface area contributed by atoms with Gasteiger partial charge in [0.2, 0.25) is 0 Å². The topological polar surface area (TPSA) is 29.4 Å². The standard InChI is InChI=1S/C21H20F5N3OS/c22-15-2-1-14-5-8-29(17(14)11-15)31-16-3-4-19(30-13-21(25,26)20(23)24)18(12-16)28-9-6-27-7-10-28/h1-5,8,11-12,20,27H,6-7,9-10,13H2. The van der Waals surface area contributed by atoms with Crippen LogP contribution >= 0.6 is 11.9 Å². The fourth-order valence-corrected chi connectivity index (χ4v) is 4.23. The Bertz CT molecular complexity index is 1050. The predicted octanol–water partition coefficient (Wildman–Crippen LogP) is 5.02. The van der Waals surface area contributed by atoms with Crippen molar-refractivity contribution in [2.45, 2.75) is 17.2 Å². The molecule has 3 aromatic rings. The van der Waals surface area contributed by atoms with Gasteiger partial charge in [-0.3, -0.25) is 3.97 Å². The molecule has 0 aliphatic carbocycles. The largest absolute Gasteiger partial charge is 0.485 e. The Morgan fingerprint density at radius 2 is 1.84 bits per heavy atom. The summed E-state index contributed by atoms with van der Waals surface area (Å²) in [6.45, 7) is 1.23. The van der Waals surface area contributed by atoms with E-state index in [-0.39, 0.29) is 11.6 Å². The van der Waals surface area contributed by atoms with Crippen molar-refractivity contribution in [3.8, 4) is 5.75 Å². The smallest absolute Gasteiger partial charge is 0.340 e. The minimum absolute atomic E-state index is 0.120. The lowest BCUT2D eigenvalue weighted by Gasteiger charge is -2.31.